The summed E-state index contributed by atoms with van der Waals surface area (Å²) in [6, 6.07) is 7.36. The summed E-state index contributed by atoms with van der Waals surface area (Å²) in [5.41, 5.74) is 0.570. The first kappa shape index (κ1) is 18.2. The zero-order valence-electron chi connectivity index (χ0n) is 13.8. The van der Waals surface area contributed by atoms with E-state index < -0.39 is 17.4 Å². The van der Waals surface area contributed by atoms with Gasteiger partial charge in [-0.3, -0.25) is 9.59 Å². The van der Waals surface area contributed by atoms with E-state index in [0.29, 0.717) is 5.69 Å². The molecule has 0 spiro atoms. The van der Waals surface area contributed by atoms with Crippen molar-refractivity contribution >= 4 is 17.5 Å². The van der Waals surface area contributed by atoms with E-state index in [2.05, 4.69) is 10.6 Å². The van der Waals surface area contributed by atoms with Gasteiger partial charge in [0.2, 0.25) is 0 Å². The Morgan fingerprint density at radius 1 is 1.23 bits per heavy atom. The van der Waals surface area contributed by atoms with Gasteiger partial charge < -0.3 is 15.7 Å². The Kier molecular flexibility index (Phi) is 6.56. The van der Waals surface area contributed by atoms with Crippen molar-refractivity contribution in [3.05, 3.63) is 29.8 Å². The molecule has 2 atom stereocenters. The number of para-hydroxylation sites is 1. The first-order valence-electron chi connectivity index (χ1n) is 7.71. The smallest absolute Gasteiger partial charge is 0.313 e. The second kappa shape index (κ2) is 7.94. The van der Waals surface area contributed by atoms with Gasteiger partial charge >= 0.3 is 11.8 Å². The molecule has 0 heterocycles. The van der Waals surface area contributed by atoms with Crippen LogP contribution in [0.25, 0.3) is 0 Å². The van der Waals surface area contributed by atoms with Crippen LogP contribution in [0, 0.1) is 5.92 Å². The highest BCUT2D eigenvalue weighted by Gasteiger charge is 2.28. The van der Waals surface area contributed by atoms with Crippen LogP contribution in [-0.2, 0) is 16.0 Å². The van der Waals surface area contributed by atoms with Gasteiger partial charge in [-0.1, -0.05) is 45.4 Å². The Bertz CT molecular complexity index is 526. The molecular weight excluding hydrogens is 280 g/mol. The third-order valence-electron chi connectivity index (χ3n) is 4.13. The lowest BCUT2D eigenvalue weighted by atomic mass is 9.89. The Hall–Kier alpha value is -1.88. The number of carbonyl (C=O) groups excluding carboxylic acids is 2. The van der Waals surface area contributed by atoms with Gasteiger partial charge in [-0.2, -0.15) is 0 Å². The van der Waals surface area contributed by atoms with Crippen molar-refractivity contribution in [2.75, 3.05) is 11.9 Å². The molecule has 1 aromatic carbocycles. The average molecular weight is 306 g/mol. The lowest BCUT2D eigenvalue weighted by Crippen LogP contribution is -2.47. The Morgan fingerprint density at radius 3 is 2.45 bits per heavy atom. The van der Waals surface area contributed by atoms with Gasteiger partial charge in [0.15, 0.2) is 0 Å². The molecule has 0 aliphatic rings. The lowest BCUT2D eigenvalue weighted by molar-refractivity contribution is -0.137. The summed E-state index contributed by atoms with van der Waals surface area (Å²) in [6.07, 6.45) is 1.56. The molecule has 2 amide bonds. The van der Waals surface area contributed by atoms with Crippen LogP contribution >= 0.6 is 0 Å². The normalized spacial score (nSPS) is 14.8. The molecule has 0 radical (unpaired) electrons. The van der Waals surface area contributed by atoms with Crippen LogP contribution < -0.4 is 10.6 Å². The fourth-order valence-corrected chi connectivity index (χ4v) is 2.08. The number of carbonyl (C=O) groups is 2. The van der Waals surface area contributed by atoms with Gasteiger partial charge in [-0.05, 0) is 30.9 Å². The second-order valence-corrected chi connectivity index (χ2v) is 5.81. The van der Waals surface area contributed by atoms with Gasteiger partial charge in [-0.15, -0.1) is 0 Å². The summed E-state index contributed by atoms with van der Waals surface area (Å²) in [5.74, 6) is -1.44. The molecule has 122 valence electrons. The molecule has 1 rings (SSSR count). The van der Waals surface area contributed by atoms with E-state index in [1.807, 2.05) is 32.9 Å². The van der Waals surface area contributed by atoms with Crippen molar-refractivity contribution in [1.29, 1.82) is 0 Å². The molecule has 0 aliphatic heterocycles. The highest BCUT2D eigenvalue weighted by molar-refractivity contribution is 6.39. The number of hydrogen-bond donors (Lipinski definition) is 3. The van der Waals surface area contributed by atoms with Crippen molar-refractivity contribution in [3.8, 4) is 0 Å². The van der Waals surface area contributed by atoms with Crippen LogP contribution in [-0.4, -0.2) is 29.1 Å². The topological polar surface area (TPSA) is 78.4 Å². The number of aliphatic hydroxyl groups is 1. The molecule has 0 bridgehead atoms. The van der Waals surface area contributed by atoms with Gasteiger partial charge in [0.1, 0.15) is 0 Å². The first-order valence-corrected chi connectivity index (χ1v) is 7.71. The highest BCUT2D eigenvalue weighted by atomic mass is 16.3. The van der Waals surface area contributed by atoms with E-state index >= 15 is 0 Å². The summed E-state index contributed by atoms with van der Waals surface area (Å²) < 4.78 is 0. The van der Waals surface area contributed by atoms with E-state index in [9.17, 15) is 14.7 Å². The van der Waals surface area contributed by atoms with Crippen LogP contribution in [0.2, 0.25) is 0 Å². The van der Waals surface area contributed by atoms with Crippen molar-refractivity contribution in [1.82, 2.24) is 5.32 Å². The van der Waals surface area contributed by atoms with Gasteiger partial charge in [0.05, 0.1) is 5.60 Å². The van der Waals surface area contributed by atoms with Crippen LogP contribution in [0.5, 0.6) is 0 Å². The average Bonchev–Trinajstić information content (AvgIpc) is 2.52. The van der Waals surface area contributed by atoms with Crippen molar-refractivity contribution in [2.24, 2.45) is 5.92 Å². The first-order chi connectivity index (χ1) is 10.3. The number of amides is 2. The summed E-state index contributed by atoms with van der Waals surface area (Å²) >= 11 is 0. The maximum Gasteiger partial charge on any atom is 0.313 e. The molecule has 0 fully saturated rings. The van der Waals surface area contributed by atoms with Crippen molar-refractivity contribution < 1.29 is 14.7 Å². The van der Waals surface area contributed by atoms with E-state index in [-0.39, 0.29) is 12.5 Å². The minimum absolute atomic E-state index is 0.0247. The fraction of sp³-hybridized carbons (Fsp3) is 0.529. The second-order valence-electron chi connectivity index (χ2n) is 5.81. The molecule has 0 saturated carbocycles. The molecular formula is C17H26N2O3. The molecule has 22 heavy (non-hydrogen) atoms. The number of anilines is 1. The largest absolute Gasteiger partial charge is 0.388 e. The number of aryl methyl sites for hydroxylation is 1. The Balaban J connectivity index is 2.61. The standard InChI is InChI=1S/C17H26N2O3/c1-5-12(3)17(4,22)11-18-15(20)16(21)19-14-10-8-7-9-13(14)6-2/h7-10,12,22H,5-6,11H2,1-4H3,(H,18,20)(H,19,21)/t12-,17+/m1/s1. The molecule has 0 unspecified atom stereocenters. The van der Waals surface area contributed by atoms with Gasteiger partial charge in [0, 0.05) is 12.2 Å². The van der Waals surface area contributed by atoms with E-state index in [1.54, 1.807) is 19.1 Å². The molecule has 5 heteroatoms. The summed E-state index contributed by atoms with van der Waals surface area (Å²) in [7, 11) is 0. The molecule has 1 aromatic rings. The quantitative estimate of drug-likeness (QED) is 0.704. The predicted molar refractivity (Wildman–Crippen MR) is 87.5 cm³/mol. The van der Waals surface area contributed by atoms with E-state index in [4.69, 9.17) is 0 Å². The van der Waals surface area contributed by atoms with Crippen molar-refractivity contribution in [2.45, 2.75) is 46.1 Å². The number of nitrogens with one attached hydrogen (secondary N) is 2. The Morgan fingerprint density at radius 2 is 1.86 bits per heavy atom. The van der Waals surface area contributed by atoms with E-state index in [0.717, 1.165) is 18.4 Å². The number of rotatable bonds is 6. The maximum atomic E-state index is 11.9. The molecule has 5 nitrogen and oxygen atoms in total. The monoisotopic (exact) mass is 306 g/mol. The molecule has 0 saturated heterocycles. The zero-order chi connectivity index (χ0) is 16.8. The molecule has 3 N–H and O–H groups in total. The van der Waals surface area contributed by atoms with Crippen LogP contribution in [0.4, 0.5) is 5.69 Å². The third kappa shape index (κ3) is 4.84. The summed E-state index contributed by atoms with van der Waals surface area (Å²) in [6.45, 7) is 7.56. The van der Waals surface area contributed by atoms with Crippen molar-refractivity contribution in [3.63, 3.8) is 0 Å². The fourth-order valence-electron chi connectivity index (χ4n) is 2.08. The summed E-state index contributed by atoms with van der Waals surface area (Å²) in [4.78, 5) is 23.8. The summed E-state index contributed by atoms with van der Waals surface area (Å²) in [5, 5.41) is 15.3. The van der Waals surface area contributed by atoms with E-state index in [1.165, 1.54) is 0 Å². The third-order valence-corrected chi connectivity index (χ3v) is 4.13. The van der Waals surface area contributed by atoms with Crippen LogP contribution in [0.15, 0.2) is 24.3 Å². The number of benzene rings is 1. The predicted octanol–water partition coefficient (Wildman–Crippen LogP) is 2.10. The molecule has 0 aromatic heterocycles. The minimum atomic E-state index is -1.04. The van der Waals surface area contributed by atoms with Crippen LogP contribution in [0.1, 0.15) is 39.7 Å². The highest BCUT2D eigenvalue weighted by Crippen LogP contribution is 2.19. The minimum Gasteiger partial charge on any atom is -0.388 e. The number of hydrogen-bond acceptors (Lipinski definition) is 3. The zero-order valence-corrected chi connectivity index (χ0v) is 13.8. The molecule has 0 aliphatic carbocycles. The Labute approximate surface area is 132 Å². The van der Waals surface area contributed by atoms with Gasteiger partial charge in [0.25, 0.3) is 0 Å². The van der Waals surface area contributed by atoms with Crippen LogP contribution in [0.3, 0.4) is 0 Å². The SMILES string of the molecule is CCc1ccccc1NC(=O)C(=O)NC[C@](C)(O)[C@H](C)CC. The lowest BCUT2D eigenvalue weighted by Gasteiger charge is -2.29. The van der Waals surface area contributed by atoms with Gasteiger partial charge in [-0.25, -0.2) is 0 Å². The maximum absolute atomic E-state index is 11.9.